The van der Waals surface area contributed by atoms with E-state index in [2.05, 4.69) is 33.8 Å². The van der Waals surface area contributed by atoms with Gasteiger partial charge in [-0.15, -0.1) is 0 Å². The Hall–Kier alpha value is -0.340. The molecule has 0 aromatic rings. The van der Waals surface area contributed by atoms with Crippen molar-refractivity contribution < 1.29 is 9.84 Å². The molecule has 4 aliphatic rings. The smallest absolute Gasteiger partial charge is 0.0616 e. The van der Waals surface area contributed by atoms with Crippen LogP contribution in [0.5, 0.6) is 0 Å². The van der Waals surface area contributed by atoms with Crippen LogP contribution < -0.4 is 0 Å². The molecule has 0 radical (unpaired) electrons. The zero-order valence-electron chi connectivity index (χ0n) is 20.8. The second-order valence-corrected chi connectivity index (χ2v) is 13.0. The molecule has 4 rings (SSSR count). The molecule has 0 bridgehead atoms. The first-order valence-electron chi connectivity index (χ1n) is 12.9. The SMILES string of the molecule is COC1CC2(C)C(C(C)CCC(C)(C)O)CCC2C2CC=C3CC(C)CCC3(C)C12. The van der Waals surface area contributed by atoms with E-state index in [-0.39, 0.29) is 0 Å². The number of aliphatic hydroxyl groups is 1. The lowest BCUT2D eigenvalue weighted by Gasteiger charge is -2.61. The van der Waals surface area contributed by atoms with E-state index in [0.717, 1.165) is 36.5 Å². The van der Waals surface area contributed by atoms with Crippen molar-refractivity contribution in [2.24, 2.45) is 46.3 Å². The van der Waals surface area contributed by atoms with Crippen LogP contribution in [-0.2, 0) is 4.74 Å². The molecule has 172 valence electrons. The zero-order valence-corrected chi connectivity index (χ0v) is 20.8. The van der Waals surface area contributed by atoms with Crippen molar-refractivity contribution in [2.75, 3.05) is 7.11 Å². The Bertz CT molecular complexity index is 660. The van der Waals surface area contributed by atoms with E-state index >= 15 is 0 Å². The Morgan fingerprint density at radius 3 is 2.63 bits per heavy atom. The average Bonchev–Trinajstić information content (AvgIpc) is 3.02. The van der Waals surface area contributed by atoms with E-state index in [1.54, 1.807) is 5.57 Å². The second-order valence-electron chi connectivity index (χ2n) is 13.0. The molecule has 2 nitrogen and oxygen atoms in total. The van der Waals surface area contributed by atoms with Gasteiger partial charge in [0.15, 0.2) is 0 Å². The molecule has 3 fully saturated rings. The Morgan fingerprint density at radius 1 is 1.23 bits per heavy atom. The molecule has 0 aromatic carbocycles. The number of methoxy groups -OCH3 is 1. The molecule has 4 aliphatic carbocycles. The lowest BCUT2D eigenvalue weighted by molar-refractivity contribution is -0.140. The topological polar surface area (TPSA) is 29.5 Å². The highest BCUT2D eigenvalue weighted by molar-refractivity contribution is 5.26. The van der Waals surface area contributed by atoms with Gasteiger partial charge in [-0.05, 0) is 118 Å². The maximum Gasteiger partial charge on any atom is 0.0616 e. The maximum atomic E-state index is 10.3. The zero-order chi connectivity index (χ0) is 21.9. The molecule has 0 heterocycles. The van der Waals surface area contributed by atoms with Crippen molar-refractivity contribution in [3.8, 4) is 0 Å². The number of rotatable bonds is 5. The molecule has 1 N–H and O–H groups in total. The summed E-state index contributed by atoms with van der Waals surface area (Å²) in [4.78, 5) is 0. The molecule has 3 saturated carbocycles. The van der Waals surface area contributed by atoms with Crippen LogP contribution in [0.1, 0.15) is 99.3 Å². The highest BCUT2D eigenvalue weighted by Crippen LogP contribution is 2.68. The minimum Gasteiger partial charge on any atom is -0.390 e. The standard InChI is InChI=1S/C28H48O2/c1-18-12-15-27(5)20(16-18)8-9-21-23-11-10-22(19(2)13-14-26(3,4)29)28(23,6)17-24(30-7)25(21)27/h8,18-19,21-25,29H,9-17H2,1-7H3. The molecule has 0 saturated heterocycles. The first-order chi connectivity index (χ1) is 14.0. The molecular weight excluding hydrogens is 368 g/mol. The quantitative estimate of drug-likeness (QED) is 0.488. The van der Waals surface area contributed by atoms with Gasteiger partial charge in [0, 0.05) is 7.11 Å². The van der Waals surface area contributed by atoms with E-state index in [1.807, 2.05) is 21.0 Å². The molecule has 2 heteroatoms. The normalized spacial score (nSPS) is 47.1. The fraction of sp³-hybridized carbons (Fsp3) is 0.929. The lowest BCUT2D eigenvalue weighted by atomic mass is 9.45. The van der Waals surface area contributed by atoms with E-state index in [9.17, 15) is 5.11 Å². The van der Waals surface area contributed by atoms with Crippen LogP contribution in [0.25, 0.3) is 0 Å². The van der Waals surface area contributed by atoms with E-state index < -0.39 is 5.60 Å². The summed E-state index contributed by atoms with van der Waals surface area (Å²) >= 11 is 0. The summed E-state index contributed by atoms with van der Waals surface area (Å²) in [5.74, 6) is 4.65. The third-order valence-corrected chi connectivity index (χ3v) is 10.5. The van der Waals surface area contributed by atoms with Gasteiger partial charge in [-0.25, -0.2) is 0 Å². The molecule has 9 unspecified atom stereocenters. The largest absolute Gasteiger partial charge is 0.390 e. The number of allylic oxidation sites excluding steroid dienone is 2. The molecule has 0 amide bonds. The summed E-state index contributed by atoms with van der Waals surface area (Å²) in [5, 5.41) is 10.3. The van der Waals surface area contributed by atoms with E-state index in [4.69, 9.17) is 4.74 Å². The van der Waals surface area contributed by atoms with Gasteiger partial charge < -0.3 is 9.84 Å². The summed E-state index contributed by atoms with van der Waals surface area (Å²) in [7, 11) is 1.99. The molecular formula is C28H48O2. The van der Waals surface area contributed by atoms with Crippen LogP contribution in [0.15, 0.2) is 11.6 Å². The molecule has 30 heavy (non-hydrogen) atoms. The molecule has 0 spiro atoms. The van der Waals surface area contributed by atoms with E-state index in [0.29, 0.717) is 28.8 Å². The van der Waals surface area contributed by atoms with Crippen LogP contribution >= 0.6 is 0 Å². The Morgan fingerprint density at radius 2 is 1.97 bits per heavy atom. The molecule has 0 aliphatic heterocycles. The van der Waals surface area contributed by atoms with Crippen molar-refractivity contribution in [1.82, 2.24) is 0 Å². The third-order valence-electron chi connectivity index (χ3n) is 10.5. The van der Waals surface area contributed by atoms with Crippen molar-refractivity contribution in [1.29, 1.82) is 0 Å². The fourth-order valence-electron chi connectivity index (χ4n) is 8.92. The van der Waals surface area contributed by atoms with Gasteiger partial charge in [-0.1, -0.05) is 39.3 Å². The summed E-state index contributed by atoms with van der Waals surface area (Å²) in [6.07, 6.45) is 14.5. The van der Waals surface area contributed by atoms with E-state index in [1.165, 1.54) is 44.9 Å². The average molecular weight is 417 g/mol. The number of hydrogen-bond donors (Lipinski definition) is 1. The van der Waals surface area contributed by atoms with Gasteiger partial charge in [0.1, 0.15) is 0 Å². The van der Waals surface area contributed by atoms with Crippen molar-refractivity contribution in [2.45, 2.75) is 111 Å². The fourth-order valence-corrected chi connectivity index (χ4v) is 8.92. The van der Waals surface area contributed by atoms with Crippen molar-refractivity contribution in [3.05, 3.63) is 11.6 Å². The van der Waals surface area contributed by atoms with Gasteiger partial charge in [-0.3, -0.25) is 0 Å². The van der Waals surface area contributed by atoms with Crippen LogP contribution in [0, 0.1) is 46.3 Å². The van der Waals surface area contributed by atoms with Gasteiger partial charge in [0.2, 0.25) is 0 Å². The molecule has 0 aromatic heterocycles. The summed E-state index contributed by atoms with van der Waals surface area (Å²) in [5.41, 5.74) is 1.98. The minimum absolute atomic E-state index is 0.363. The number of fused-ring (bicyclic) bond motifs is 5. The first kappa shape index (κ1) is 22.8. The monoisotopic (exact) mass is 416 g/mol. The van der Waals surface area contributed by atoms with Crippen LogP contribution in [0.4, 0.5) is 0 Å². The first-order valence-corrected chi connectivity index (χ1v) is 12.9. The van der Waals surface area contributed by atoms with Gasteiger partial charge in [0.05, 0.1) is 11.7 Å². The molecule has 9 atom stereocenters. The Balaban J connectivity index is 1.60. The Kier molecular flexibility index (Phi) is 6.02. The highest BCUT2D eigenvalue weighted by atomic mass is 16.5. The highest BCUT2D eigenvalue weighted by Gasteiger charge is 2.62. The lowest BCUT2D eigenvalue weighted by Crippen LogP contribution is -2.57. The van der Waals surface area contributed by atoms with Gasteiger partial charge in [-0.2, -0.15) is 0 Å². The second kappa shape index (κ2) is 7.91. The van der Waals surface area contributed by atoms with Crippen molar-refractivity contribution in [3.63, 3.8) is 0 Å². The van der Waals surface area contributed by atoms with Crippen LogP contribution in [0.3, 0.4) is 0 Å². The van der Waals surface area contributed by atoms with Gasteiger partial charge in [0.25, 0.3) is 0 Å². The summed E-state index contributed by atoms with van der Waals surface area (Å²) in [6, 6.07) is 0. The van der Waals surface area contributed by atoms with Crippen molar-refractivity contribution >= 4 is 0 Å². The van der Waals surface area contributed by atoms with Gasteiger partial charge >= 0.3 is 0 Å². The number of hydrogen-bond acceptors (Lipinski definition) is 2. The minimum atomic E-state index is -0.544. The third kappa shape index (κ3) is 3.72. The predicted octanol–water partition coefficient (Wildman–Crippen LogP) is 7.01. The summed E-state index contributed by atoms with van der Waals surface area (Å²) in [6.45, 7) is 14.0. The predicted molar refractivity (Wildman–Crippen MR) is 125 cm³/mol. The van der Waals surface area contributed by atoms with Crippen LogP contribution in [0.2, 0.25) is 0 Å². The summed E-state index contributed by atoms with van der Waals surface area (Å²) < 4.78 is 6.35. The Labute approximate surface area is 186 Å². The number of ether oxygens (including phenoxy) is 1. The van der Waals surface area contributed by atoms with Crippen LogP contribution in [-0.4, -0.2) is 23.9 Å². The maximum absolute atomic E-state index is 10.3.